The summed E-state index contributed by atoms with van der Waals surface area (Å²) in [5.74, 6) is 1.60. The number of benzene rings is 1. The number of aryl methyl sites for hydroxylation is 1. The summed E-state index contributed by atoms with van der Waals surface area (Å²) in [6.07, 6.45) is 1.83. The summed E-state index contributed by atoms with van der Waals surface area (Å²) in [5.41, 5.74) is 4.00. The first-order valence-electron chi connectivity index (χ1n) is 8.31. The lowest BCUT2D eigenvalue weighted by Crippen LogP contribution is -2.37. The van der Waals surface area contributed by atoms with Crippen molar-refractivity contribution in [3.63, 3.8) is 0 Å². The molecular weight excluding hydrogens is 463 g/mol. The van der Waals surface area contributed by atoms with E-state index in [1.165, 1.54) is 0 Å². The van der Waals surface area contributed by atoms with Gasteiger partial charge >= 0.3 is 0 Å². The van der Waals surface area contributed by atoms with E-state index in [1.807, 2.05) is 51.2 Å². The van der Waals surface area contributed by atoms with Gasteiger partial charge in [0, 0.05) is 28.9 Å². The molecule has 0 aliphatic rings. The number of guanidine groups is 1. The number of nitrogens with one attached hydrogen (secondary N) is 2. The highest BCUT2D eigenvalue weighted by atomic mass is 127. The maximum atomic E-state index is 6.19. The fraction of sp³-hybridized carbons (Fsp3) is 0.368. The largest absolute Gasteiger partial charge is 0.496 e. The molecule has 0 aliphatic carbocycles. The molecule has 0 atom stereocenters. The number of aliphatic imine (C=N–C) groups is 1. The summed E-state index contributed by atoms with van der Waals surface area (Å²) in [6, 6.07) is 7.73. The minimum absolute atomic E-state index is 0. The highest BCUT2D eigenvalue weighted by Crippen LogP contribution is 2.23. The molecular formula is C19H26ClIN4O. The van der Waals surface area contributed by atoms with Crippen molar-refractivity contribution in [2.24, 2.45) is 4.99 Å². The molecule has 0 amide bonds. The van der Waals surface area contributed by atoms with Gasteiger partial charge in [0.1, 0.15) is 5.75 Å². The number of nitrogens with zero attached hydrogens (tertiary/aromatic N) is 2. The Morgan fingerprint density at radius 2 is 1.96 bits per heavy atom. The summed E-state index contributed by atoms with van der Waals surface area (Å²) in [7, 11) is 1.68. The average molecular weight is 489 g/mol. The molecule has 0 bridgehead atoms. The van der Waals surface area contributed by atoms with Crippen LogP contribution in [0.1, 0.15) is 29.3 Å². The summed E-state index contributed by atoms with van der Waals surface area (Å²) >= 11 is 6.19. The van der Waals surface area contributed by atoms with Crippen LogP contribution in [0.2, 0.25) is 5.02 Å². The van der Waals surface area contributed by atoms with Crippen molar-refractivity contribution in [3.05, 3.63) is 57.9 Å². The van der Waals surface area contributed by atoms with E-state index >= 15 is 0 Å². The highest BCUT2D eigenvalue weighted by molar-refractivity contribution is 14.0. The van der Waals surface area contributed by atoms with Gasteiger partial charge in [-0.1, -0.05) is 29.8 Å². The molecule has 1 aromatic heterocycles. The van der Waals surface area contributed by atoms with Crippen molar-refractivity contribution in [1.82, 2.24) is 15.6 Å². The standard InChI is InChI=1S/C19H25ClN4O.HI/c1-5-21-19(23-11-15-8-6-7-9-16(15)20)24-12-17-14(3)18(25-4)13(2)10-22-17;/h6-10H,5,11-12H2,1-4H3,(H2,21,23,24);1H. The molecule has 2 rings (SSSR count). The van der Waals surface area contributed by atoms with Crippen LogP contribution >= 0.6 is 35.6 Å². The molecule has 1 aromatic carbocycles. The Hall–Kier alpha value is -1.54. The predicted molar refractivity (Wildman–Crippen MR) is 119 cm³/mol. The van der Waals surface area contributed by atoms with E-state index in [0.29, 0.717) is 13.1 Å². The smallest absolute Gasteiger partial charge is 0.191 e. The number of methoxy groups -OCH3 is 1. The number of rotatable bonds is 6. The maximum absolute atomic E-state index is 6.19. The van der Waals surface area contributed by atoms with E-state index in [4.69, 9.17) is 16.3 Å². The molecule has 0 spiro atoms. The number of halogens is 2. The van der Waals surface area contributed by atoms with E-state index in [1.54, 1.807) is 7.11 Å². The zero-order valence-electron chi connectivity index (χ0n) is 15.6. The van der Waals surface area contributed by atoms with Gasteiger partial charge < -0.3 is 15.4 Å². The van der Waals surface area contributed by atoms with Crippen molar-refractivity contribution in [2.45, 2.75) is 33.9 Å². The molecule has 26 heavy (non-hydrogen) atoms. The topological polar surface area (TPSA) is 58.5 Å². The first-order valence-corrected chi connectivity index (χ1v) is 8.69. The van der Waals surface area contributed by atoms with E-state index in [0.717, 1.165) is 45.7 Å². The van der Waals surface area contributed by atoms with Crippen LogP contribution in [0.3, 0.4) is 0 Å². The second-order valence-corrected chi connectivity index (χ2v) is 6.09. The number of hydrogen-bond acceptors (Lipinski definition) is 3. The highest BCUT2D eigenvalue weighted by Gasteiger charge is 2.10. The third-order valence-electron chi connectivity index (χ3n) is 3.88. The second-order valence-electron chi connectivity index (χ2n) is 5.69. The molecule has 1 heterocycles. The Labute approximate surface area is 177 Å². The molecule has 0 saturated heterocycles. The molecule has 0 unspecified atom stereocenters. The monoisotopic (exact) mass is 488 g/mol. The van der Waals surface area contributed by atoms with E-state index < -0.39 is 0 Å². The van der Waals surface area contributed by atoms with Gasteiger partial charge in [-0.2, -0.15) is 0 Å². The summed E-state index contributed by atoms with van der Waals surface area (Å²) < 4.78 is 5.46. The van der Waals surface area contributed by atoms with Gasteiger partial charge in [0.25, 0.3) is 0 Å². The van der Waals surface area contributed by atoms with Crippen LogP contribution in [0.5, 0.6) is 5.75 Å². The van der Waals surface area contributed by atoms with Crippen molar-refractivity contribution in [3.8, 4) is 5.75 Å². The lowest BCUT2D eigenvalue weighted by Gasteiger charge is -2.15. The van der Waals surface area contributed by atoms with Crippen LogP contribution in [0, 0.1) is 13.8 Å². The number of pyridine rings is 1. The van der Waals surface area contributed by atoms with Gasteiger partial charge in [-0.15, -0.1) is 24.0 Å². The van der Waals surface area contributed by atoms with E-state index in [-0.39, 0.29) is 24.0 Å². The molecule has 0 saturated carbocycles. The third kappa shape index (κ3) is 6.02. The van der Waals surface area contributed by atoms with Crippen LogP contribution in [0.15, 0.2) is 35.5 Å². The number of ether oxygens (including phenoxy) is 1. The fourth-order valence-electron chi connectivity index (χ4n) is 2.55. The molecule has 0 fully saturated rings. The lowest BCUT2D eigenvalue weighted by molar-refractivity contribution is 0.406. The van der Waals surface area contributed by atoms with Crippen LogP contribution in [-0.2, 0) is 13.1 Å². The molecule has 5 nitrogen and oxygen atoms in total. The van der Waals surface area contributed by atoms with Gasteiger partial charge in [0.05, 0.1) is 25.9 Å². The Balaban J connectivity index is 0.00000338. The zero-order valence-corrected chi connectivity index (χ0v) is 18.7. The van der Waals surface area contributed by atoms with Gasteiger partial charge in [-0.25, -0.2) is 4.99 Å². The lowest BCUT2D eigenvalue weighted by atomic mass is 10.1. The summed E-state index contributed by atoms with van der Waals surface area (Å²) in [6.45, 7) is 7.90. The Morgan fingerprint density at radius 1 is 1.23 bits per heavy atom. The van der Waals surface area contributed by atoms with Gasteiger partial charge in [0.15, 0.2) is 5.96 Å². The van der Waals surface area contributed by atoms with Gasteiger partial charge in [0.2, 0.25) is 0 Å². The molecule has 0 aliphatic heterocycles. The van der Waals surface area contributed by atoms with Crippen molar-refractivity contribution in [2.75, 3.05) is 13.7 Å². The normalized spacial score (nSPS) is 10.9. The maximum Gasteiger partial charge on any atom is 0.191 e. The van der Waals surface area contributed by atoms with Crippen molar-refractivity contribution >= 4 is 41.5 Å². The molecule has 142 valence electrons. The van der Waals surface area contributed by atoms with Crippen LogP contribution < -0.4 is 15.4 Å². The fourth-order valence-corrected chi connectivity index (χ4v) is 2.74. The van der Waals surface area contributed by atoms with E-state index in [2.05, 4.69) is 20.6 Å². The molecule has 2 N–H and O–H groups in total. The zero-order chi connectivity index (χ0) is 18.2. The van der Waals surface area contributed by atoms with Gasteiger partial charge in [-0.3, -0.25) is 4.98 Å². The van der Waals surface area contributed by atoms with Crippen molar-refractivity contribution in [1.29, 1.82) is 0 Å². The first kappa shape index (κ1) is 22.5. The van der Waals surface area contributed by atoms with Crippen LogP contribution in [0.25, 0.3) is 0 Å². The SMILES string of the molecule is CCNC(=NCc1ccccc1Cl)NCc1ncc(C)c(OC)c1C.I. The van der Waals surface area contributed by atoms with E-state index in [9.17, 15) is 0 Å². The third-order valence-corrected chi connectivity index (χ3v) is 4.25. The van der Waals surface area contributed by atoms with Crippen LogP contribution in [0.4, 0.5) is 0 Å². The second kappa shape index (κ2) is 11.2. The predicted octanol–water partition coefficient (Wildman–Crippen LogP) is 4.23. The first-order chi connectivity index (χ1) is 12.1. The quantitative estimate of drug-likeness (QED) is 0.363. The summed E-state index contributed by atoms with van der Waals surface area (Å²) in [4.78, 5) is 9.10. The van der Waals surface area contributed by atoms with Crippen LogP contribution in [-0.4, -0.2) is 24.6 Å². The minimum atomic E-state index is 0. The Morgan fingerprint density at radius 3 is 2.62 bits per heavy atom. The van der Waals surface area contributed by atoms with Gasteiger partial charge in [-0.05, 0) is 32.4 Å². The number of aromatic nitrogens is 1. The minimum Gasteiger partial charge on any atom is -0.496 e. The van der Waals surface area contributed by atoms with Crippen molar-refractivity contribution < 1.29 is 4.74 Å². The molecule has 2 aromatic rings. The molecule has 0 radical (unpaired) electrons. The molecule has 7 heteroatoms. The average Bonchev–Trinajstić information content (AvgIpc) is 2.60. The Bertz CT molecular complexity index is 752. The summed E-state index contributed by atoms with van der Waals surface area (Å²) in [5, 5.41) is 7.28. The number of hydrogen-bond donors (Lipinski definition) is 2. The Kier molecular flexibility index (Phi) is 9.72.